The van der Waals surface area contributed by atoms with Crippen molar-refractivity contribution in [2.24, 2.45) is 0 Å². The van der Waals surface area contributed by atoms with Crippen molar-refractivity contribution < 1.29 is 5.02 Å². The number of hydrogen-bond acceptors (Lipinski definition) is 4. The van der Waals surface area contributed by atoms with Gasteiger partial charge in [0.1, 0.15) is 0 Å². The summed E-state index contributed by atoms with van der Waals surface area (Å²) in [7, 11) is 0. The molecule has 0 aromatic rings. The van der Waals surface area contributed by atoms with Gasteiger partial charge < -0.3 is 15.3 Å². The van der Waals surface area contributed by atoms with Crippen LogP contribution in [0.4, 0.5) is 0 Å². The highest BCUT2D eigenvalue weighted by atomic mass is 16.8. The Balaban J connectivity index is 0.000000310. The molecule has 1 rings (SSSR count). The fourth-order valence-electron chi connectivity index (χ4n) is 1.24. The van der Waals surface area contributed by atoms with Gasteiger partial charge in [-0.05, 0) is 38.4 Å². The van der Waals surface area contributed by atoms with Crippen LogP contribution < -0.4 is 0 Å². The van der Waals surface area contributed by atoms with Crippen LogP contribution in [0.25, 0.3) is 0 Å². The van der Waals surface area contributed by atoms with Gasteiger partial charge in [-0.3, -0.25) is 0 Å². The third-order valence-corrected chi connectivity index (χ3v) is 1.58. The SMILES string of the molecule is CC(C)=CN1CCCC1.N=[N+]([O-])[O-]. The van der Waals surface area contributed by atoms with Crippen molar-refractivity contribution in [3.63, 3.8) is 0 Å². The molecule has 0 unspecified atom stereocenters. The molecule has 0 radical (unpaired) electrons. The largest absolute Gasteiger partial charge is 0.588 e. The van der Waals surface area contributed by atoms with Crippen molar-refractivity contribution in [2.75, 3.05) is 13.1 Å². The normalized spacial score (nSPS) is 14.5. The molecule has 1 heterocycles. The van der Waals surface area contributed by atoms with Crippen LogP contribution in [-0.2, 0) is 0 Å². The first kappa shape index (κ1) is 11.7. The van der Waals surface area contributed by atoms with Crippen molar-refractivity contribution in [1.29, 1.82) is 5.53 Å². The van der Waals surface area contributed by atoms with Gasteiger partial charge in [-0.15, -0.1) is 0 Å². The zero-order valence-corrected chi connectivity index (χ0v) is 8.12. The minimum atomic E-state index is -1.25. The zero-order valence-electron chi connectivity index (χ0n) is 8.12. The number of nitrogens with zero attached hydrogens (tertiary/aromatic N) is 2. The average Bonchev–Trinajstić information content (AvgIpc) is 2.36. The number of allylic oxidation sites excluding steroid dienone is 1. The maximum Gasteiger partial charge on any atom is 0.0173 e. The first-order valence-electron chi connectivity index (χ1n) is 4.27. The monoisotopic (exact) mass is 186 g/mol. The van der Waals surface area contributed by atoms with E-state index in [4.69, 9.17) is 15.9 Å². The predicted octanol–water partition coefficient (Wildman–Crippen LogP) is 2.03. The van der Waals surface area contributed by atoms with Crippen molar-refractivity contribution in [3.05, 3.63) is 22.2 Å². The van der Waals surface area contributed by atoms with Crippen molar-refractivity contribution in [2.45, 2.75) is 26.7 Å². The van der Waals surface area contributed by atoms with Gasteiger partial charge in [-0.1, -0.05) is 10.6 Å². The summed E-state index contributed by atoms with van der Waals surface area (Å²) in [6.07, 6.45) is 5.01. The minimum absolute atomic E-state index is 1.25. The van der Waals surface area contributed by atoms with Crippen LogP contribution in [0.3, 0.4) is 0 Å². The van der Waals surface area contributed by atoms with E-state index in [9.17, 15) is 0 Å². The molecule has 76 valence electrons. The van der Waals surface area contributed by atoms with Gasteiger partial charge >= 0.3 is 0 Å². The quantitative estimate of drug-likeness (QED) is 0.502. The van der Waals surface area contributed by atoms with E-state index in [0.29, 0.717) is 0 Å². The first-order chi connectivity index (χ1) is 6.02. The summed E-state index contributed by atoms with van der Waals surface area (Å²) in [4.78, 5) is 2.40. The van der Waals surface area contributed by atoms with Gasteiger partial charge in [0.2, 0.25) is 0 Å². The van der Waals surface area contributed by atoms with Gasteiger partial charge in [0.25, 0.3) is 0 Å². The fourth-order valence-corrected chi connectivity index (χ4v) is 1.24. The molecule has 0 amide bonds. The van der Waals surface area contributed by atoms with Crippen LogP contribution >= 0.6 is 0 Å². The van der Waals surface area contributed by atoms with Crippen molar-refractivity contribution in [1.82, 2.24) is 4.90 Å². The molecular weight excluding hydrogens is 170 g/mol. The number of nitrogens with one attached hydrogen (secondary N) is 1. The molecule has 0 atom stereocenters. The smallest absolute Gasteiger partial charge is 0.0173 e. The van der Waals surface area contributed by atoms with Crippen LogP contribution in [0.2, 0.25) is 0 Å². The standard InChI is InChI=1S/C8H15N.HN2O2/c1-8(2)7-9-5-3-4-6-9;1-2(3)4/h7H,3-6H2,1-2H3;(H-,1,3,4)/q;-1. The van der Waals surface area contributed by atoms with E-state index in [1.54, 1.807) is 0 Å². The fraction of sp³-hybridized carbons (Fsp3) is 0.750. The van der Waals surface area contributed by atoms with Crippen LogP contribution in [0.5, 0.6) is 0 Å². The molecule has 1 aliphatic heterocycles. The van der Waals surface area contributed by atoms with E-state index in [-0.39, 0.29) is 0 Å². The molecule has 5 heteroatoms. The first-order valence-corrected chi connectivity index (χ1v) is 4.27. The minimum Gasteiger partial charge on any atom is -0.588 e. The highest BCUT2D eigenvalue weighted by Gasteiger charge is 2.05. The molecule has 5 nitrogen and oxygen atoms in total. The lowest BCUT2D eigenvalue weighted by atomic mass is 10.4. The van der Waals surface area contributed by atoms with E-state index in [0.717, 1.165) is 0 Å². The number of likely N-dealkylation sites (tertiary alicyclic amines) is 1. The molecule has 1 saturated heterocycles. The van der Waals surface area contributed by atoms with Crippen molar-refractivity contribution >= 4 is 0 Å². The van der Waals surface area contributed by atoms with Gasteiger partial charge in [-0.2, -0.15) is 0 Å². The summed E-state index contributed by atoms with van der Waals surface area (Å²) in [5, 5.41) is 15.7. The molecule has 0 aliphatic carbocycles. The lowest BCUT2D eigenvalue weighted by molar-refractivity contribution is -0.482. The van der Waals surface area contributed by atoms with Gasteiger partial charge in [0.05, 0.1) is 0 Å². The lowest BCUT2D eigenvalue weighted by Crippen LogP contribution is -2.10. The zero-order chi connectivity index (χ0) is 10.3. The summed E-state index contributed by atoms with van der Waals surface area (Å²) < 4.78 is 0. The Bertz CT molecular complexity index is 178. The highest BCUT2D eigenvalue weighted by Crippen LogP contribution is 2.08. The molecule has 0 saturated carbocycles. The number of rotatable bonds is 1. The summed E-state index contributed by atoms with van der Waals surface area (Å²) >= 11 is 0. The molecule has 0 spiro atoms. The Morgan fingerprint density at radius 2 is 1.69 bits per heavy atom. The summed E-state index contributed by atoms with van der Waals surface area (Å²) in [5.74, 6) is 0. The Labute approximate surface area is 78.3 Å². The van der Waals surface area contributed by atoms with Crippen LogP contribution in [0, 0.1) is 15.9 Å². The van der Waals surface area contributed by atoms with E-state index in [1.807, 2.05) is 0 Å². The van der Waals surface area contributed by atoms with Gasteiger partial charge in [0.15, 0.2) is 0 Å². The molecule has 0 bridgehead atoms. The second kappa shape index (κ2) is 6.28. The molecule has 0 aromatic carbocycles. The highest BCUT2D eigenvalue weighted by molar-refractivity contribution is 4.93. The number of hydrogen-bond donors (Lipinski definition) is 1. The Morgan fingerprint density at radius 3 is 2.00 bits per heavy atom. The maximum atomic E-state index is 8.47. The molecule has 1 N–H and O–H groups in total. The predicted molar refractivity (Wildman–Crippen MR) is 50.0 cm³/mol. The van der Waals surface area contributed by atoms with E-state index in [2.05, 4.69) is 24.9 Å². The maximum absolute atomic E-state index is 8.47. The van der Waals surface area contributed by atoms with Gasteiger partial charge in [0, 0.05) is 13.1 Å². The van der Waals surface area contributed by atoms with Crippen LogP contribution in [-0.4, -0.2) is 23.0 Å². The lowest BCUT2D eigenvalue weighted by Gasteiger charge is -2.10. The average molecular weight is 186 g/mol. The summed E-state index contributed by atoms with van der Waals surface area (Å²) in [5.41, 5.74) is 6.72. The Hall–Kier alpha value is -1.26. The van der Waals surface area contributed by atoms with E-state index in [1.165, 1.54) is 31.5 Å². The molecular formula is C8H16N3O2-. The molecule has 0 aromatic heterocycles. The van der Waals surface area contributed by atoms with E-state index < -0.39 is 5.02 Å². The summed E-state index contributed by atoms with van der Waals surface area (Å²) in [6.45, 7) is 6.84. The second-order valence-electron chi connectivity index (χ2n) is 3.21. The molecule has 1 aliphatic rings. The van der Waals surface area contributed by atoms with Gasteiger partial charge in [-0.25, -0.2) is 0 Å². The third-order valence-electron chi connectivity index (χ3n) is 1.58. The molecule has 1 fully saturated rings. The summed E-state index contributed by atoms with van der Waals surface area (Å²) in [6, 6.07) is 0. The van der Waals surface area contributed by atoms with Crippen LogP contribution in [0.15, 0.2) is 11.8 Å². The second-order valence-corrected chi connectivity index (χ2v) is 3.21. The third kappa shape index (κ3) is 8.65. The topological polar surface area (TPSA) is 76.2 Å². The Morgan fingerprint density at radius 1 is 1.31 bits per heavy atom. The van der Waals surface area contributed by atoms with E-state index >= 15 is 0 Å². The molecule has 13 heavy (non-hydrogen) atoms. The Kier molecular flexibility index (Phi) is 5.67. The van der Waals surface area contributed by atoms with Crippen LogP contribution in [0.1, 0.15) is 26.7 Å². The van der Waals surface area contributed by atoms with Crippen molar-refractivity contribution in [3.8, 4) is 0 Å².